The Labute approximate surface area is 212 Å². The second-order valence-electron chi connectivity index (χ2n) is 11.5. The molecular formula is C25H50N4O6. The van der Waals surface area contributed by atoms with Crippen molar-refractivity contribution in [2.75, 3.05) is 39.3 Å². The van der Waals surface area contributed by atoms with E-state index in [2.05, 4.69) is 16.0 Å². The first-order valence-corrected chi connectivity index (χ1v) is 12.6. The van der Waals surface area contributed by atoms with E-state index in [9.17, 15) is 14.4 Å². The van der Waals surface area contributed by atoms with E-state index in [1.165, 1.54) is 0 Å². The third-order valence-electron chi connectivity index (χ3n) is 4.15. The predicted molar refractivity (Wildman–Crippen MR) is 138 cm³/mol. The van der Waals surface area contributed by atoms with Crippen molar-refractivity contribution in [3.05, 3.63) is 0 Å². The monoisotopic (exact) mass is 502 g/mol. The highest BCUT2D eigenvalue weighted by Gasteiger charge is 2.22. The fraction of sp³-hybridized carbons (Fsp3) is 0.880. The minimum absolute atomic E-state index is 0.351. The molecule has 0 fully saturated rings. The molecule has 0 bridgehead atoms. The number of hydrogen-bond donors (Lipinski definition) is 3. The molecule has 0 aromatic heterocycles. The summed E-state index contributed by atoms with van der Waals surface area (Å²) in [6.45, 7) is 20.1. The molecule has 0 aliphatic rings. The van der Waals surface area contributed by atoms with Gasteiger partial charge in [0.25, 0.3) is 0 Å². The molecule has 206 valence electrons. The highest BCUT2D eigenvalue weighted by atomic mass is 16.6. The molecule has 0 aliphatic heterocycles. The van der Waals surface area contributed by atoms with Gasteiger partial charge in [-0.15, -0.1) is 0 Å². The molecule has 10 nitrogen and oxygen atoms in total. The van der Waals surface area contributed by atoms with Gasteiger partial charge in [-0.2, -0.15) is 0 Å². The summed E-state index contributed by atoms with van der Waals surface area (Å²) in [4.78, 5) is 37.6. The highest BCUT2D eigenvalue weighted by Crippen LogP contribution is 2.11. The van der Waals surface area contributed by atoms with Gasteiger partial charge in [-0.05, 0) is 101 Å². The van der Waals surface area contributed by atoms with Crippen LogP contribution in [0.1, 0.15) is 88.0 Å². The minimum atomic E-state index is -0.570. The standard InChI is InChI=1S/C25H50N4O6/c1-23(2,3)33-20(30)27-16-12-15-26-14-10-11-18-29(22(32)35-25(7,8)9)19-13-17-28-21(31)34-24(4,5)6/h26H,10-19H2,1-9H3,(H,27,30)(H,28,31). The first kappa shape index (κ1) is 32.8. The Hall–Kier alpha value is -2.23. The number of rotatable bonds is 13. The van der Waals surface area contributed by atoms with Crippen molar-refractivity contribution in [3.63, 3.8) is 0 Å². The van der Waals surface area contributed by atoms with E-state index in [1.807, 2.05) is 62.3 Å². The van der Waals surface area contributed by atoms with Crippen LogP contribution in [-0.4, -0.2) is 79.3 Å². The van der Waals surface area contributed by atoms with E-state index in [0.717, 1.165) is 32.4 Å². The number of alkyl carbamates (subject to hydrolysis) is 2. The van der Waals surface area contributed by atoms with Crippen LogP contribution < -0.4 is 16.0 Å². The Balaban J connectivity index is 4.20. The number of nitrogens with zero attached hydrogens (tertiary/aromatic N) is 1. The fourth-order valence-corrected chi connectivity index (χ4v) is 2.79. The Morgan fingerprint density at radius 1 is 0.571 bits per heavy atom. The number of carbonyl (C=O) groups is 3. The predicted octanol–water partition coefficient (Wildman–Crippen LogP) is 4.42. The largest absolute Gasteiger partial charge is 0.444 e. The van der Waals surface area contributed by atoms with Gasteiger partial charge in [0.2, 0.25) is 0 Å². The molecule has 0 aromatic rings. The average molecular weight is 503 g/mol. The van der Waals surface area contributed by atoms with Crippen molar-refractivity contribution >= 4 is 18.3 Å². The third-order valence-corrected chi connectivity index (χ3v) is 4.15. The molecule has 0 saturated heterocycles. The van der Waals surface area contributed by atoms with Crippen LogP contribution in [0.2, 0.25) is 0 Å². The van der Waals surface area contributed by atoms with Crippen molar-refractivity contribution in [1.82, 2.24) is 20.9 Å². The molecule has 0 saturated carbocycles. The highest BCUT2D eigenvalue weighted by molar-refractivity contribution is 5.68. The van der Waals surface area contributed by atoms with E-state index >= 15 is 0 Å². The summed E-state index contributed by atoms with van der Waals surface area (Å²) in [7, 11) is 0. The Bertz CT molecular complexity index is 635. The van der Waals surface area contributed by atoms with E-state index in [0.29, 0.717) is 32.6 Å². The molecular weight excluding hydrogens is 452 g/mol. The van der Waals surface area contributed by atoms with Crippen molar-refractivity contribution in [2.45, 2.75) is 105 Å². The lowest BCUT2D eigenvalue weighted by molar-refractivity contribution is 0.0244. The zero-order chi connectivity index (χ0) is 27.1. The van der Waals surface area contributed by atoms with Crippen LogP contribution in [0.3, 0.4) is 0 Å². The van der Waals surface area contributed by atoms with Gasteiger partial charge in [0.05, 0.1) is 0 Å². The quantitative estimate of drug-likeness (QED) is 0.252. The SMILES string of the molecule is CC(C)(C)OC(=O)NCCCNCCCCN(CCCNC(=O)OC(C)(C)C)C(=O)OC(C)(C)C. The summed E-state index contributed by atoms with van der Waals surface area (Å²) in [5, 5.41) is 8.80. The summed E-state index contributed by atoms with van der Waals surface area (Å²) in [5.74, 6) is 0. The summed E-state index contributed by atoms with van der Waals surface area (Å²) in [6, 6.07) is 0. The van der Waals surface area contributed by atoms with Gasteiger partial charge in [0.1, 0.15) is 16.8 Å². The molecule has 10 heteroatoms. The molecule has 0 heterocycles. The van der Waals surface area contributed by atoms with Crippen LogP contribution in [0.25, 0.3) is 0 Å². The van der Waals surface area contributed by atoms with E-state index in [-0.39, 0.29) is 6.09 Å². The van der Waals surface area contributed by atoms with Gasteiger partial charge >= 0.3 is 18.3 Å². The Morgan fingerprint density at radius 3 is 1.49 bits per heavy atom. The second kappa shape index (κ2) is 15.7. The van der Waals surface area contributed by atoms with E-state index in [1.54, 1.807) is 4.90 Å². The normalized spacial score (nSPS) is 12.0. The van der Waals surface area contributed by atoms with Crippen LogP contribution >= 0.6 is 0 Å². The molecule has 0 aliphatic carbocycles. The minimum Gasteiger partial charge on any atom is -0.444 e. The van der Waals surface area contributed by atoms with E-state index in [4.69, 9.17) is 14.2 Å². The van der Waals surface area contributed by atoms with Crippen molar-refractivity contribution < 1.29 is 28.6 Å². The van der Waals surface area contributed by atoms with Gasteiger partial charge in [-0.25, -0.2) is 14.4 Å². The molecule has 0 radical (unpaired) electrons. The van der Waals surface area contributed by atoms with Gasteiger partial charge in [0, 0.05) is 26.2 Å². The Kier molecular flexibility index (Phi) is 14.7. The average Bonchev–Trinajstić information content (AvgIpc) is 2.63. The molecule has 0 unspecified atom stereocenters. The van der Waals surface area contributed by atoms with Gasteiger partial charge in [0.15, 0.2) is 0 Å². The molecule has 0 atom stereocenters. The lowest BCUT2D eigenvalue weighted by Crippen LogP contribution is -2.39. The van der Waals surface area contributed by atoms with Crippen molar-refractivity contribution in [1.29, 1.82) is 0 Å². The van der Waals surface area contributed by atoms with Crippen LogP contribution in [-0.2, 0) is 14.2 Å². The third kappa shape index (κ3) is 22.0. The lowest BCUT2D eigenvalue weighted by atomic mass is 10.2. The number of hydrogen-bond acceptors (Lipinski definition) is 7. The maximum Gasteiger partial charge on any atom is 0.410 e. The summed E-state index contributed by atoms with van der Waals surface area (Å²) in [5.41, 5.74) is -1.61. The topological polar surface area (TPSA) is 118 Å². The molecule has 35 heavy (non-hydrogen) atoms. The number of nitrogens with one attached hydrogen (secondary N) is 3. The zero-order valence-electron chi connectivity index (χ0n) is 23.5. The van der Waals surface area contributed by atoms with Crippen LogP contribution in [0, 0.1) is 0 Å². The molecule has 0 aromatic carbocycles. The number of amides is 3. The Morgan fingerprint density at radius 2 is 1.00 bits per heavy atom. The van der Waals surface area contributed by atoms with Crippen LogP contribution in [0.15, 0.2) is 0 Å². The summed E-state index contributed by atoms with van der Waals surface area (Å²) < 4.78 is 16.0. The summed E-state index contributed by atoms with van der Waals surface area (Å²) >= 11 is 0. The summed E-state index contributed by atoms with van der Waals surface area (Å²) in [6.07, 6.45) is 1.90. The maximum atomic E-state index is 12.6. The van der Waals surface area contributed by atoms with Crippen molar-refractivity contribution in [3.8, 4) is 0 Å². The van der Waals surface area contributed by atoms with Crippen LogP contribution in [0.4, 0.5) is 14.4 Å². The zero-order valence-corrected chi connectivity index (χ0v) is 23.5. The number of unbranched alkanes of at least 4 members (excludes halogenated alkanes) is 1. The lowest BCUT2D eigenvalue weighted by Gasteiger charge is -2.27. The number of ether oxygens (including phenoxy) is 3. The van der Waals surface area contributed by atoms with Gasteiger partial charge in [-0.1, -0.05) is 0 Å². The van der Waals surface area contributed by atoms with Crippen LogP contribution in [0.5, 0.6) is 0 Å². The fourth-order valence-electron chi connectivity index (χ4n) is 2.79. The van der Waals surface area contributed by atoms with E-state index < -0.39 is 29.0 Å². The first-order valence-electron chi connectivity index (χ1n) is 12.6. The molecule has 0 spiro atoms. The van der Waals surface area contributed by atoms with Gasteiger partial charge in [-0.3, -0.25) is 0 Å². The molecule has 3 N–H and O–H groups in total. The molecule has 0 rings (SSSR count). The van der Waals surface area contributed by atoms with Crippen molar-refractivity contribution in [2.24, 2.45) is 0 Å². The van der Waals surface area contributed by atoms with Gasteiger partial charge < -0.3 is 35.1 Å². The first-order chi connectivity index (χ1) is 16.0. The maximum absolute atomic E-state index is 12.6. The molecule has 3 amide bonds. The smallest absolute Gasteiger partial charge is 0.410 e. The second-order valence-corrected chi connectivity index (χ2v) is 11.5. The number of carbonyl (C=O) groups excluding carboxylic acids is 3.